The van der Waals surface area contributed by atoms with E-state index in [4.69, 9.17) is 26.1 Å². The van der Waals surface area contributed by atoms with E-state index in [-0.39, 0.29) is 30.8 Å². The number of aromatic nitrogens is 3. The number of thiazole rings is 1. The van der Waals surface area contributed by atoms with Gasteiger partial charge < -0.3 is 20.1 Å². The van der Waals surface area contributed by atoms with Gasteiger partial charge in [0.2, 0.25) is 0 Å². The van der Waals surface area contributed by atoms with Crippen LogP contribution in [0.25, 0.3) is 22.2 Å². The minimum Gasteiger partial charge on any atom is -0.496 e. The fraction of sp³-hybridized carbons (Fsp3) is 0.171. The molecule has 0 radical (unpaired) electrons. The van der Waals surface area contributed by atoms with Crippen LogP contribution in [0.1, 0.15) is 23.5 Å². The molecular weight excluding hydrogens is 673 g/mol. The number of rotatable bonds is 13. The second-order valence-corrected chi connectivity index (χ2v) is 14.3. The van der Waals surface area contributed by atoms with E-state index in [0.717, 1.165) is 16.0 Å². The molecule has 6 aromatic rings. The summed E-state index contributed by atoms with van der Waals surface area (Å²) in [6.07, 6.45) is 1.47. The van der Waals surface area contributed by atoms with Gasteiger partial charge in [-0.05, 0) is 61.0 Å². The van der Waals surface area contributed by atoms with Crippen LogP contribution in [0.3, 0.4) is 0 Å². The van der Waals surface area contributed by atoms with Gasteiger partial charge in [-0.1, -0.05) is 41.9 Å². The van der Waals surface area contributed by atoms with Gasteiger partial charge in [0.05, 0.1) is 40.0 Å². The van der Waals surface area contributed by atoms with Gasteiger partial charge in [0.25, 0.3) is 0 Å². The molecule has 0 saturated heterocycles. The minimum atomic E-state index is -3.39. The molecule has 9 nitrogen and oxygen atoms in total. The third-order valence-electron chi connectivity index (χ3n) is 7.53. The fourth-order valence-corrected chi connectivity index (χ4v) is 7.31. The van der Waals surface area contributed by atoms with E-state index in [9.17, 15) is 12.8 Å². The number of ether oxygens (including phenoxy) is 2. The molecule has 2 heterocycles. The van der Waals surface area contributed by atoms with Crippen molar-refractivity contribution < 1.29 is 22.3 Å². The van der Waals surface area contributed by atoms with Crippen molar-refractivity contribution in [2.45, 2.75) is 24.5 Å². The minimum absolute atomic E-state index is 0.0241. The molecule has 48 heavy (non-hydrogen) atoms. The summed E-state index contributed by atoms with van der Waals surface area (Å²) in [5.74, 6) is 1.27. The van der Waals surface area contributed by atoms with Gasteiger partial charge in [0.15, 0.2) is 9.84 Å². The van der Waals surface area contributed by atoms with Crippen molar-refractivity contribution in [3.05, 3.63) is 118 Å². The standard InChI is InChI=1S/C35H31ClFN5O4S2/c1-22(38-13-14-48(43,44)26-9-4-3-5-10-26)35-42-31(20-47-35)27-17-28-30(18-33(27)45-2)39-21-40-34(28)41-25-11-12-32(29(36)16-25)46-19-23-7-6-8-24(37)15-23/h3-12,15-18,20-22,38H,13-14,19H2,1-2H3,(H,39,40,41). The first-order valence-corrected chi connectivity index (χ1v) is 17.8. The highest BCUT2D eigenvalue weighted by molar-refractivity contribution is 7.91. The van der Waals surface area contributed by atoms with Gasteiger partial charge in [0.1, 0.15) is 41.1 Å². The molecule has 13 heteroatoms. The normalized spacial score (nSPS) is 12.2. The number of methoxy groups -OCH3 is 1. The molecule has 0 aliphatic rings. The quantitative estimate of drug-likeness (QED) is 0.123. The number of fused-ring (bicyclic) bond motifs is 1. The SMILES string of the molecule is COc1cc2ncnc(Nc3ccc(OCc4cccc(F)c4)c(Cl)c3)c2cc1-c1csc(C(C)NCCS(=O)(=O)c2ccccc2)n1. The molecule has 0 fully saturated rings. The lowest BCUT2D eigenvalue weighted by Crippen LogP contribution is -2.25. The molecule has 6 rings (SSSR count). The molecule has 0 amide bonds. The zero-order valence-corrected chi connectivity index (χ0v) is 28.4. The van der Waals surface area contributed by atoms with Crippen LogP contribution in [-0.4, -0.2) is 42.8 Å². The zero-order valence-electron chi connectivity index (χ0n) is 26.0. The molecule has 0 aliphatic carbocycles. The molecule has 0 spiro atoms. The van der Waals surface area contributed by atoms with Crippen molar-refractivity contribution in [3.8, 4) is 22.8 Å². The fourth-order valence-electron chi connectivity index (χ4n) is 5.03. The Morgan fingerprint density at radius 1 is 0.979 bits per heavy atom. The summed E-state index contributed by atoms with van der Waals surface area (Å²) in [5, 5.41) is 10.5. The summed E-state index contributed by atoms with van der Waals surface area (Å²) in [6, 6.07) is 23.5. The van der Waals surface area contributed by atoms with Gasteiger partial charge in [-0.2, -0.15) is 0 Å². The van der Waals surface area contributed by atoms with E-state index in [1.807, 2.05) is 30.5 Å². The van der Waals surface area contributed by atoms with E-state index in [1.54, 1.807) is 61.7 Å². The van der Waals surface area contributed by atoms with Crippen molar-refractivity contribution in [1.82, 2.24) is 20.3 Å². The van der Waals surface area contributed by atoms with Crippen molar-refractivity contribution >= 4 is 55.2 Å². The van der Waals surface area contributed by atoms with Crippen LogP contribution in [-0.2, 0) is 16.4 Å². The second kappa shape index (κ2) is 14.7. The highest BCUT2D eigenvalue weighted by atomic mass is 35.5. The molecule has 1 unspecified atom stereocenters. The van der Waals surface area contributed by atoms with Gasteiger partial charge in [-0.15, -0.1) is 11.3 Å². The molecule has 1 atom stereocenters. The monoisotopic (exact) mass is 703 g/mol. The largest absolute Gasteiger partial charge is 0.496 e. The van der Waals surface area contributed by atoms with Gasteiger partial charge >= 0.3 is 0 Å². The van der Waals surface area contributed by atoms with Crippen LogP contribution in [0, 0.1) is 5.82 Å². The lowest BCUT2D eigenvalue weighted by Gasteiger charge is -2.14. The molecule has 2 N–H and O–H groups in total. The van der Waals surface area contributed by atoms with Gasteiger partial charge in [-0.3, -0.25) is 0 Å². The molecule has 4 aromatic carbocycles. The number of halogens is 2. The Balaban J connectivity index is 1.18. The van der Waals surface area contributed by atoms with Crippen molar-refractivity contribution in [2.24, 2.45) is 0 Å². The Kier molecular flexibility index (Phi) is 10.2. The first-order valence-electron chi connectivity index (χ1n) is 14.9. The van der Waals surface area contributed by atoms with Crippen LogP contribution in [0.15, 0.2) is 102 Å². The summed E-state index contributed by atoms with van der Waals surface area (Å²) < 4.78 is 50.4. The Morgan fingerprint density at radius 3 is 2.58 bits per heavy atom. The highest BCUT2D eigenvalue weighted by Gasteiger charge is 2.19. The second-order valence-electron chi connectivity index (χ2n) is 10.9. The van der Waals surface area contributed by atoms with Gasteiger partial charge in [0, 0.05) is 34.6 Å². The topological polar surface area (TPSA) is 115 Å². The maximum atomic E-state index is 13.5. The highest BCUT2D eigenvalue weighted by Crippen LogP contribution is 2.38. The van der Waals surface area contributed by atoms with Crippen LogP contribution in [0.4, 0.5) is 15.9 Å². The first-order chi connectivity index (χ1) is 23.2. The van der Waals surface area contributed by atoms with Crippen LogP contribution in [0.2, 0.25) is 5.02 Å². The maximum absolute atomic E-state index is 13.5. The van der Waals surface area contributed by atoms with E-state index >= 15 is 0 Å². The molecule has 0 aliphatic heterocycles. The van der Waals surface area contributed by atoms with Crippen molar-refractivity contribution in [2.75, 3.05) is 24.7 Å². The summed E-state index contributed by atoms with van der Waals surface area (Å²) in [7, 11) is -1.80. The number of hydrogen-bond acceptors (Lipinski definition) is 10. The number of nitrogens with one attached hydrogen (secondary N) is 2. The Morgan fingerprint density at radius 2 is 1.81 bits per heavy atom. The average molecular weight is 704 g/mol. The molecule has 0 bridgehead atoms. The summed E-state index contributed by atoms with van der Waals surface area (Å²) in [4.78, 5) is 14.1. The lowest BCUT2D eigenvalue weighted by molar-refractivity contribution is 0.306. The maximum Gasteiger partial charge on any atom is 0.179 e. The Labute approximate surface area is 286 Å². The van der Waals surface area contributed by atoms with E-state index in [1.165, 1.54) is 29.8 Å². The predicted molar refractivity (Wildman–Crippen MR) is 188 cm³/mol. The number of benzene rings is 4. The number of nitrogens with zero attached hydrogens (tertiary/aromatic N) is 3. The number of hydrogen-bond donors (Lipinski definition) is 2. The molecular formula is C35H31ClFN5O4S2. The summed E-state index contributed by atoms with van der Waals surface area (Å²) >= 11 is 8.01. The van der Waals surface area contributed by atoms with E-state index in [0.29, 0.717) is 49.7 Å². The van der Waals surface area contributed by atoms with Crippen LogP contribution < -0.4 is 20.1 Å². The molecule has 246 valence electrons. The Hall–Kier alpha value is -4.62. The zero-order chi connectivity index (χ0) is 33.7. The first kappa shape index (κ1) is 33.3. The lowest BCUT2D eigenvalue weighted by atomic mass is 10.1. The third kappa shape index (κ3) is 7.74. The molecule has 2 aromatic heterocycles. The third-order valence-corrected chi connectivity index (χ3v) is 10.6. The van der Waals surface area contributed by atoms with Gasteiger partial charge in [-0.25, -0.2) is 27.8 Å². The van der Waals surface area contributed by atoms with Crippen LogP contribution >= 0.6 is 22.9 Å². The predicted octanol–water partition coefficient (Wildman–Crippen LogP) is 8.00. The smallest absolute Gasteiger partial charge is 0.179 e. The van der Waals surface area contributed by atoms with E-state index in [2.05, 4.69) is 20.6 Å². The van der Waals surface area contributed by atoms with Crippen molar-refractivity contribution in [3.63, 3.8) is 0 Å². The number of sulfone groups is 1. The average Bonchev–Trinajstić information content (AvgIpc) is 3.58. The summed E-state index contributed by atoms with van der Waals surface area (Å²) in [5.41, 5.74) is 3.50. The van der Waals surface area contributed by atoms with Crippen LogP contribution in [0.5, 0.6) is 11.5 Å². The Bertz CT molecular complexity index is 2170. The summed E-state index contributed by atoms with van der Waals surface area (Å²) in [6.45, 7) is 2.41. The number of anilines is 2. The molecule has 0 saturated carbocycles. The van der Waals surface area contributed by atoms with Crippen molar-refractivity contribution in [1.29, 1.82) is 0 Å². The van der Waals surface area contributed by atoms with E-state index < -0.39 is 9.84 Å².